The summed E-state index contributed by atoms with van der Waals surface area (Å²) in [5, 5.41) is 17.3. The number of rotatable bonds is 4. The van der Waals surface area contributed by atoms with Gasteiger partial charge in [0.2, 0.25) is 0 Å². The number of nitro benzene ring substituents is 1. The molecular weight excluding hydrogens is 258 g/mol. The minimum atomic E-state index is -0.430. The number of hydrogen-bond donors (Lipinski definition) is 2. The third-order valence-electron chi connectivity index (χ3n) is 3.47. The lowest BCUT2D eigenvalue weighted by molar-refractivity contribution is -0.384. The van der Waals surface area contributed by atoms with Gasteiger partial charge in [0.25, 0.3) is 5.69 Å². The summed E-state index contributed by atoms with van der Waals surface area (Å²) in [5.74, 6) is 1.32. The molecule has 20 heavy (non-hydrogen) atoms. The van der Waals surface area contributed by atoms with Crippen molar-refractivity contribution in [2.24, 2.45) is 5.92 Å². The minimum Gasteiger partial charge on any atom is -0.368 e. The molecule has 0 radical (unpaired) electrons. The lowest BCUT2D eigenvalue weighted by atomic mass is 10.1. The summed E-state index contributed by atoms with van der Waals surface area (Å²) in [6.07, 6.45) is 2.79. The van der Waals surface area contributed by atoms with E-state index < -0.39 is 4.92 Å². The molecule has 0 spiro atoms. The van der Waals surface area contributed by atoms with Crippen molar-refractivity contribution in [3.8, 4) is 0 Å². The van der Waals surface area contributed by atoms with Crippen LogP contribution >= 0.6 is 0 Å². The summed E-state index contributed by atoms with van der Waals surface area (Å²) in [4.78, 5) is 18.9. The fraction of sp³-hybridized carbons (Fsp3) is 0.385. The van der Waals surface area contributed by atoms with E-state index in [9.17, 15) is 10.1 Å². The highest BCUT2D eigenvalue weighted by atomic mass is 16.6. The summed E-state index contributed by atoms with van der Waals surface area (Å²) >= 11 is 0. The van der Waals surface area contributed by atoms with Crippen molar-refractivity contribution in [3.63, 3.8) is 0 Å². The van der Waals surface area contributed by atoms with Gasteiger partial charge in [-0.25, -0.2) is 4.98 Å². The van der Waals surface area contributed by atoms with Gasteiger partial charge in [-0.1, -0.05) is 0 Å². The van der Waals surface area contributed by atoms with E-state index in [-0.39, 0.29) is 5.69 Å². The predicted octanol–water partition coefficient (Wildman–Crippen LogP) is 1.56. The van der Waals surface area contributed by atoms with Gasteiger partial charge in [-0.05, 0) is 31.5 Å². The van der Waals surface area contributed by atoms with Crippen LogP contribution in [0.1, 0.15) is 6.42 Å². The van der Waals surface area contributed by atoms with Crippen LogP contribution in [0.2, 0.25) is 0 Å². The Hall–Kier alpha value is -2.28. The summed E-state index contributed by atoms with van der Waals surface area (Å²) in [6, 6.07) is 4.51. The smallest absolute Gasteiger partial charge is 0.271 e. The average molecular weight is 273 g/mol. The van der Waals surface area contributed by atoms with Gasteiger partial charge in [-0.15, -0.1) is 0 Å². The third-order valence-corrected chi connectivity index (χ3v) is 3.47. The molecule has 1 aromatic carbocycles. The number of non-ortho nitro benzene ring substituents is 1. The Balaban J connectivity index is 1.76. The van der Waals surface area contributed by atoms with Gasteiger partial charge >= 0.3 is 0 Å². The molecule has 2 N–H and O–H groups in total. The quantitative estimate of drug-likeness (QED) is 0.648. The number of anilines is 1. The van der Waals surface area contributed by atoms with Crippen LogP contribution in [0, 0.1) is 16.0 Å². The first-order valence-corrected chi connectivity index (χ1v) is 6.58. The molecule has 1 aromatic heterocycles. The van der Waals surface area contributed by atoms with Crippen LogP contribution in [-0.4, -0.2) is 34.5 Å². The maximum absolute atomic E-state index is 10.7. The second-order valence-electron chi connectivity index (χ2n) is 4.93. The Morgan fingerprint density at radius 1 is 1.45 bits per heavy atom. The highest BCUT2D eigenvalue weighted by Crippen LogP contribution is 2.19. The van der Waals surface area contributed by atoms with Gasteiger partial charge in [0.1, 0.15) is 5.82 Å². The van der Waals surface area contributed by atoms with Crippen molar-refractivity contribution in [2.45, 2.75) is 6.42 Å². The number of hydrogen-bond acceptors (Lipinski definition) is 6. The summed E-state index contributed by atoms with van der Waals surface area (Å²) in [7, 11) is 0. The van der Waals surface area contributed by atoms with Crippen molar-refractivity contribution in [2.75, 3.05) is 25.0 Å². The van der Waals surface area contributed by atoms with Crippen LogP contribution in [0.15, 0.2) is 24.4 Å². The van der Waals surface area contributed by atoms with Gasteiger partial charge in [0.05, 0.1) is 22.2 Å². The van der Waals surface area contributed by atoms with Gasteiger partial charge in [0, 0.05) is 18.7 Å². The van der Waals surface area contributed by atoms with Crippen molar-refractivity contribution in [1.29, 1.82) is 0 Å². The molecule has 1 atom stereocenters. The summed E-state index contributed by atoms with van der Waals surface area (Å²) in [6.45, 7) is 2.96. The lowest BCUT2D eigenvalue weighted by Crippen LogP contribution is -2.17. The van der Waals surface area contributed by atoms with Crippen LogP contribution in [0.4, 0.5) is 11.5 Å². The minimum absolute atomic E-state index is 0.0320. The third kappa shape index (κ3) is 2.67. The molecule has 1 fully saturated rings. The van der Waals surface area contributed by atoms with E-state index in [2.05, 4.69) is 20.6 Å². The topological polar surface area (TPSA) is 93.0 Å². The molecule has 104 valence electrons. The molecule has 1 aliphatic heterocycles. The molecule has 0 bridgehead atoms. The molecule has 0 unspecified atom stereocenters. The number of nitro groups is 1. The molecule has 0 aliphatic carbocycles. The van der Waals surface area contributed by atoms with Gasteiger partial charge in [-0.2, -0.15) is 0 Å². The van der Waals surface area contributed by atoms with Crippen molar-refractivity contribution < 1.29 is 4.92 Å². The highest BCUT2D eigenvalue weighted by molar-refractivity contribution is 5.78. The van der Waals surface area contributed by atoms with Gasteiger partial charge in [0.15, 0.2) is 0 Å². The zero-order valence-corrected chi connectivity index (χ0v) is 10.9. The van der Waals surface area contributed by atoms with Crippen LogP contribution in [-0.2, 0) is 0 Å². The number of fused-ring (bicyclic) bond motifs is 1. The zero-order chi connectivity index (χ0) is 13.9. The Bertz CT molecular complexity index is 640. The number of nitrogens with one attached hydrogen (secondary N) is 2. The Morgan fingerprint density at radius 3 is 3.10 bits per heavy atom. The molecule has 0 amide bonds. The molecule has 1 aliphatic rings. The predicted molar refractivity (Wildman–Crippen MR) is 75.7 cm³/mol. The van der Waals surface area contributed by atoms with Crippen LogP contribution < -0.4 is 10.6 Å². The van der Waals surface area contributed by atoms with E-state index in [4.69, 9.17) is 0 Å². The summed E-state index contributed by atoms with van der Waals surface area (Å²) in [5.41, 5.74) is 1.22. The molecule has 2 aromatic rings. The van der Waals surface area contributed by atoms with E-state index >= 15 is 0 Å². The maximum atomic E-state index is 10.7. The first-order chi connectivity index (χ1) is 9.72. The second-order valence-corrected chi connectivity index (χ2v) is 4.93. The van der Waals surface area contributed by atoms with Crippen molar-refractivity contribution in [1.82, 2.24) is 15.3 Å². The molecule has 7 heteroatoms. The zero-order valence-electron chi connectivity index (χ0n) is 10.9. The normalized spacial score (nSPS) is 18.3. The number of nitrogens with zero attached hydrogens (tertiary/aromatic N) is 3. The molecule has 2 heterocycles. The molecule has 3 rings (SSSR count). The van der Waals surface area contributed by atoms with E-state index in [1.54, 1.807) is 12.3 Å². The van der Waals surface area contributed by atoms with Crippen LogP contribution in [0.25, 0.3) is 11.0 Å². The van der Waals surface area contributed by atoms with Gasteiger partial charge < -0.3 is 10.6 Å². The van der Waals surface area contributed by atoms with E-state index in [1.165, 1.54) is 18.6 Å². The fourth-order valence-corrected chi connectivity index (χ4v) is 2.34. The Morgan fingerprint density at radius 2 is 2.35 bits per heavy atom. The molecule has 0 saturated carbocycles. The van der Waals surface area contributed by atoms with Crippen molar-refractivity contribution in [3.05, 3.63) is 34.5 Å². The van der Waals surface area contributed by atoms with Crippen LogP contribution in [0.3, 0.4) is 0 Å². The van der Waals surface area contributed by atoms with E-state index in [0.29, 0.717) is 22.8 Å². The first-order valence-electron chi connectivity index (χ1n) is 6.58. The van der Waals surface area contributed by atoms with Gasteiger partial charge in [-0.3, -0.25) is 15.1 Å². The Labute approximate surface area is 115 Å². The number of aromatic nitrogens is 2. The molecular formula is C13H15N5O2. The summed E-state index contributed by atoms with van der Waals surface area (Å²) < 4.78 is 0. The first kappa shape index (κ1) is 12.7. The second kappa shape index (κ2) is 5.38. The number of benzene rings is 1. The highest BCUT2D eigenvalue weighted by Gasteiger charge is 2.14. The van der Waals surface area contributed by atoms with Crippen LogP contribution in [0.5, 0.6) is 0 Å². The van der Waals surface area contributed by atoms with Crippen molar-refractivity contribution >= 4 is 22.5 Å². The maximum Gasteiger partial charge on any atom is 0.271 e. The average Bonchev–Trinajstić information content (AvgIpc) is 2.97. The lowest BCUT2D eigenvalue weighted by Gasteiger charge is -2.10. The van der Waals surface area contributed by atoms with E-state index in [1.807, 2.05) is 0 Å². The fourth-order valence-electron chi connectivity index (χ4n) is 2.34. The molecule has 7 nitrogen and oxygen atoms in total. The Kier molecular flexibility index (Phi) is 3.42. The molecule has 1 saturated heterocycles. The standard InChI is InChI=1S/C13H15N5O2/c19-18(20)10-1-2-11-12(5-10)15-8-13(17-11)16-7-9-3-4-14-6-9/h1-2,5,8-9,14H,3-4,6-7H2,(H,16,17)/t9-/m0/s1. The largest absolute Gasteiger partial charge is 0.368 e. The SMILES string of the molecule is O=[N+]([O-])c1ccc2nc(NC[C@H]3CCNC3)cnc2c1. The van der Waals surface area contributed by atoms with E-state index in [0.717, 1.165) is 19.6 Å². The monoisotopic (exact) mass is 273 g/mol.